The van der Waals surface area contributed by atoms with Gasteiger partial charge in [-0.3, -0.25) is 0 Å². The highest BCUT2D eigenvalue weighted by Crippen LogP contribution is 2.53. The molecule has 0 N–H and O–H groups in total. The Morgan fingerprint density at radius 3 is 1.70 bits per heavy atom. The van der Waals surface area contributed by atoms with Crippen molar-refractivity contribution in [2.24, 2.45) is 0 Å². The van der Waals surface area contributed by atoms with Gasteiger partial charge in [-0.15, -0.1) is 0 Å². The number of hydrogen-bond donors (Lipinski definition) is 0. The fraction of sp³-hybridized carbons (Fsp3) is 0.0545. The van der Waals surface area contributed by atoms with Crippen LogP contribution in [0.2, 0.25) is 0 Å². The lowest BCUT2D eigenvalue weighted by Crippen LogP contribution is -2.14. The van der Waals surface area contributed by atoms with E-state index in [1.807, 2.05) is 0 Å². The van der Waals surface area contributed by atoms with Crippen molar-refractivity contribution in [3.8, 4) is 44.5 Å². The second kappa shape index (κ2) is 11.5. The van der Waals surface area contributed by atoms with Gasteiger partial charge in [0.1, 0.15) is 11.2 Å². The van der Waals surface area contributed by atoms with E-state index in [-0.39, 0.29) is 5.41 Å². The van der Waals surface area contributed by atoms with Crippen LogP contribution < -0.4 is 0 Å². The van der Waals surface area contributed by atoms with E-state index in [1.54, 1.807) is 0 Å². The lowest BCUT2D eigenvalue weighted by molar-refractivity contribution is 0.657. The Kier molecular flexibility index (Phi) is 6.46. The van der Waals surface area contributed by atoms with Crippen LogP contribution in [0, 0.1) is 0 Å². The summed E-state index contributed by atoms with van der Waals surface area (Å²) in [5.41, 5.74) is 14.6. The number of rotatable bonds is 3. The molecule has 1 aliphatic rings. The second-order valence-electron chi connectivity index (χ2n) is 16.0. The summed E-state index contributed by atoms with van der Waals surface area (Å²) in [5, 5.41) is 12.3. The zero-order chi connectivity index (χ0) is 37.1. The van der Waals surface area contributed by atoms with Crippen LogP contribution in [0.5, 0.6) is 0 Å². The molecular formula is C55H36O. The van der Waals surface area contributed by atoms with E-state index >= 15 is 0 Å². The molecule has 1 heteroatoms. The molecular weight excluding hydrogens is 677 g/mol. The first-order chi connectivity index (χ1) is 27.5. The van der Waals surface area contributed by atoms with Crippen LogP contribution in [-0.4, -0.2) is 0 Å². The predicted octanol–water partition coefficient (Wildman–Crippen LogP) is 15.5. The Hall–Kier alpha value is -6.96. The van der Waals surface area contributed by atoms with E-state index < -0.39 is 0 Å². The average Bonchev–Trinajstić information content (AvgIpc) is 3.75. The van der Waals surface area contributed by atoms with E-state index in [1.165, 1.54) is 104 Å². The van der Waals surface area contributed by atoms with Gasteiger partial charge in [-0.2, -0.15) is 0 Å². The SMILES string of the molecule is CC1(C)c2ccccc2-c2c1ccc1oc3c4cc(-c5ccc(-c6c7ccccc7c(-c7cccc8ccccc78)c7ccccc67)cc5)ccc4ccc3c21. The maximum atomic E-state index is 6.79. The molecule has 0 radical (unpaired) electrons. The van der Waals surface area contributed by atoms with Crippen LogP contribution >= 0.6 is 0 Å². The van der Waals surface area contributed by atoms with Gasteiger partial charge in [0.15, 0.2) is 0 Å². The summed E-state index contributed by atoms with van der Waals surface area (Å²) in [6.07, 6.45) is 0. The van der Waals surface area contributed by atoms with Crippen LogP contribution in [0.4, 0.5) is 0 Å². The predicted molar refractivity (Wildman–Crippen MR) is 238 cm³/mol. The van der Waals surface area contributed by atoms with E-state index in [0.717, 1.165) is 16.6 Å². The Morgan fingerprint density at radius 2 is 0.929 bits per heavy atom. The summed E-state index contributed by atoms with van der Waals surface area (Å²) >= 11 is 0. The summed E-state index contributed by atoms with van der Waals surface area (Å²) in [5.74, 6) is 0. The summed E-state index contributed by atoms with van der Waals surface area (Å²) in [6, 6.07) is 67.0. The maximum Gasteiger partial charge on any atom is 0.143 e. The Balaban J connectivity index is 1.01. The number of furan rings is 1. The van der Waals surface area contributed by atoms with E-state index in [2.05, 4.69) is 196 Å². The normalized spacial score (nSPS) is 13.3. The smallest absolute Gasteiger partial charge is 0.143 e. The molecule has 11 aromatic rings. The minimum Gasteiger partial charge on any atom is -0.455 e. The van der Waals surface area contributed by atoms with Gasteiger partial charge in [0, 0.05) is 21.6 Å². The molecule has 0 amide bonds. The first-order valence-electron chi connectivity index (χ1n) is 19.6. The van der Waals surface area contributed by atoms with Crippen LogP contribution in [0.15, 0.2) is 186 Å². The topological polar surface area (TPSA) is 13.1 Å². The molecule has 56 heavy (non-hydrogen) atoms. The van der Waals surface area contributed by atoms with Crippen molar-refractivity contribution < 1.29 is 4.42 Å². The molecule has 1 aromatic heterocycles. The molecule has 1 aliphatic carbocycles. The monoisotopic (exact) mass is 712 g/mol. The molecule has 10 aromatic carbocycles. The Morgan fingerprint density at radius 1 is 0.357 bits per heavy atom. The highest BCUT2D eigenvalue weighted by molar-refractivity contribution is 6.24. The van der Waals surface area contributed by atoms with Crippen molar-refractivity contribution in [2.75, 3.05) is 0 Å². The molecule has 0 bridgehead atoms. The third-order valence-corrected chi connectivity index (χ3v) is 12.7. The molecule has 0 aliphatic heterocycles. The second-order valence-corrected chi connectivity index (χ2v) is 16.0. The number of hydrogen-bond acceptors (Lipinski definition) is 1. The van der Waals surface area contributed by atoms with Gasteiger partial charge < -0.3 is 4.42 Å². The molecule has 0 fully saturated rings. The first-order valence-corrected chi connectivity index (χ1v) is 19.6. The Bertz CT molecular complexity index is 3370. The summed E-state index contributed by atoms with van der Waals surface area (Å²) in [4.78, 5) is 0. The molecule has 1 heterocycles. The van der Waals surface area contributed by atoms with E-state index in [4.69, 9.17) is 4.42 Å². The van der Waals surface area contributed by atoms with Crippen LogP contribution in [0.1, 0.15) is 25.0 Å². The van der Waals surface area contributed by atoms with Crippen molar-refractivity contribution in [3.05, 3.63) is 193 Å². The molecule has 0 saturated carbocycles. The van der Waals surface area contributed by atoms with Gasteiger partial charge in [-0.05, 0) is 112 Å². The third kappa shape index (κ3) is 4.31. The fourth-order valence-corrected chi connectivity index (χ4v) is 10.0. The molecule has 262 valence electrons. The zero-order valence-corrected chi connectivity index (χ0v) is 31.2. The molecule has 0 unspecified atom stereocenters. The van der Waals surface area contributed by atoms with Gasteiger partial charge in [-0.1, -0.05) is 178 Å². The van der Waals surface area contributed by atoms with Gasteiger partial charge >= 0.3 is 0 Å². The average molecular weight is 713 g/mol. The lowest BCUT2D eigenvalue weighted by Gasteiger charge is -2.21. The van der Waals surface area contributed by atoms with Crippen LogP contribution in [0.3, 0.4) is 0 Å². The molecule has 12 rings (SSSR count). The van der Waals surface area contributed by atoms with Crippen LogP contribution in [0.25, 0.3) is 110 Å². The first kappa shape index (κ1) is 31.4. The summed E-state index contributed by atoms with van der Waals surface area (Å²) < 4.78 is 6.79. The third-order valence-electron chi connectivity index (χ3n) is 12.7. The van der Waals surface area contributed by atoms with Crippen molar-refractivity contribution in [2.45, 2.75) is 19.3 Å². The van der Waals surface area contributed by atoms with E-state index in [9.17, 15) is 0 Å². The zero-order valence-electron chi connectivity index (χ0n) is 31.2. The highest BCUT2D eigenvalue weighted by Gasteiger charge is 2.37. The van der Waals surface area contributed by atoms with Crippen molar-refractivity contribution in [1.82, 2.24) is 0 Å². The fourth-order valence-electron chi connectivity index (χ4n) is 10.0. The lowest BCUT2D eigenvalue weighted by atomic mass is 9.82. The van der Waals surface area contributed by atoms with Crippen molar-refractivity contribution >= 4 is 65.0 Å². The molecule has 0 spiro atoms. The quantitative estimate of drug-likeness (QED) is 0.166. The molecule has 1 nitrogen and oxygen atoms in total. The summed E-state index contributed by atoms with van der Waals surface area (Å²) in [6.45, 7) is 4.68. The van der Waals surface area contributed by atoms with Gasteiger partial charge in [0.2, 0.25) is 0 Å². The van der Waals surface area contributed by atoms with Crippen LogP contribution in [-0.2, 0) is 5.41 Å². The number of benzene rings is 10. The van der Waals surface area contributed by atoms with E-state index in [0.29, 0.717) is 0 Å². The van der Waals surface area contributed by atoms with Crippen molar-refractivity contribution in [1.29, 1.82) is 0 Å². The molecule has 0 atom stereocenters. The number of fused-ring (bicyclic) bond motifs is 12. The standard InChI is InChI=1S/C55H36O/c1-55(2)47-21-10-9-19-44(47)52-48(55)30-31-49-53(52)45-29-28-35-24-27-37(32-46(35)54(45)56-49)33-22-25-36(26-23-33)50-40-15-5-7-17-42(40)51(43-18-8-6-16-41(43)50)39-20-11-13-34-12-3-4-14-38(34)39/h3-32H,1-2H3. The Labute approximate surface area is 325 Å². The van der Waals surface area contributed by atoms with Crippen molar-refractivity contribution in [3.63, 3.8) is 0 Å². The van der Waals surface area contributed by atoms with Gasteiger partial charge in [0.05, 0.1) is 0 Å². The highest BCUT2D eigenvalue weighted by atomic mass is 16.3. The largest absolute Gasteiger partial charge is 0.455 e. The minimum absolute atomic E-state index is 0.0582. The maximum absolute atomic E-state index is 6.79. The molecule has 0 saturated heterocycles. The minimum atomic E-state index is -0.0582. The van der Waals surface area contributed by atoms with Gasteiger partial charge in [0.25, 0.3) is 0 Å². The van der Waals surface area contributed by atoms with Gasteiger partial charge in [-0.25, -0.2) is 0 Å². The summed E-state index contributed by atoms with van der Waals surface area (Å²) in [7, 11) is 0.